The van der Waals surface area contributed by atoms with Crippen LogP contribution in [0.3, 0.4) is 0 Å². The molecule has 0 unspecified atom stereocenters. The summed E-state index contributed by atoms with van der Waals surface area (Å²) in [5.41, 5.74) is 2.47. The topological polar surface area (TPSA) is 116 Å². The van der Waals surface area contributed by atoms with E-state index < -0.39 is 11.7 Å². The van der Waals surface area contributed by atoms with Crippen molar-refractivity contribution >= 4 is 34.3 Å². The number of benzene rings is 3. The first kappa shape index (κ1) is 22.6. The maximum atomic E-state index is 12.3. The Balaban J connectivity index is 1.25. The Bertz CT molecular complexity index is 1600. The predicted molar refractivity (Wildman–Crippen MR) is 136 cm³/mol. The second kappa shape index (κ2) is 9.98. The highest BCUT2D eigenvalue weighted by Crippen LogP contribution is 2.29. The first-order valence-electron chi connectivity index (χ1n) is 10.9. The van der Waals surface area contributed by atoms with Crippen LogP contribution < -0.4 is 25.7 Å². The lowest BCUT2D eigenvalue weighted by Crippen LogP contribution is -2.20. The van der Waals surface area contributed by atoms with Gasteiger partial charge in [-0.05, 0) is 48.5 Å². The van der Waals surface area contributed by atoms with Gasteiger partial charge in [0, 0.05) is 28.4 Å². The van der Waals surface area contributed by atoms with Crippen molar-refractivity contribution in [3.8, 4) is 22.8 Å². The lowest BCUT2D eigenvalue weighted by Gasteiger charge is -2.10. The molecule has 0 atom stereocenters. The molecule has 178 valence electrons. The lowest BCUT2D eigenvalue weighted by atomic mass is 10.1. The Morgan fingerprint density at radius 2 is 1.61 bits per heavy atom. The summed E-state index contributed by atoms with van der Waals surface area (Å²) in [6.45, 7) is 0. The van der Waals surface area contributed by atoms with Crippen LogP contribution in [0.1, 0.15) is 0 Å². The molecule has 0 aliphatic rings. The number of nitrogens with zero attached hydrogens (tertiary/aromatic N) is 2. The van der Waals surface area contributed by atoms with E-state index in [1.54, 1.807) is 55.6 Å². The highest BCUT2D eigenvalue weighted by Gasteiger charge is 2.12. The molecular weight excluding hydrogens is 460 g/mol. The van der Waals surface area contributed by atoms with E-state index in [1.807, 2.05) is 30.3 Å². The molecule has 0 spiro atoms. The van der Waals surface area contributed by atoms with E-state index >= 15 is 0 Å². The molecule has 9 nitrogen and oxygen atoms in total. The molecule has 1 amide bonds. The molecule has 0 fully saturated rings. The third-order valence-corrected chi connectivity index (χ3v) is 5.27. The molecule has 5 rings (SSSR count). The monoisotopic (exact) mass is 480 g/mol. The van der Waals surface area contributed by atoms with Crippen LogP contribution in [0, 0.1) is 0 Å². The quantitative estimate of drug-likeness (QED) is 0.301. The summed E-state index contributed by atoms with van der Waals surface area (Å²) >= 11 is 0. The lowest BCUT2D eigenvalue weighted by molar-refractivity contribution is 0.213. The molecule has 9 heteroatoms. The first-order chi connectivity index (χ1) is 17.6. The molecule has 2 heterocycles. The van der Waals surface area contributed by atoms with Crippen LogP contribution in [-0.4, -0.2) is 23.2 Å². The van der Waals surface area contributed by atoms with Gasteiger partial charge < -0.3 is 19.2 Å². The zero-order chi connectivity index (χ0) is 24.9. The Labute approximate surface area is 205 Å². The van der Waals surface area contributed by atoms with Crippen molar-refractivity contribution in [2.75, 3.05) is 17.7 Å². The van der Waals surface area contributed by atoms with E-state index in [9.17, 15) is 9.59 Å². The number of methoxy groups -OCH3 is 1. The van der Waals surface area contributed by atoms with Gasteiger partial charge in [0.2, 0.25) is 5.75 Å². The van der Waals surface area contributed by atoms with Crippen LogP contribution in [0.15, 0.2) is 100 Å². The Hall–Kier alpha value is -5.18. The van der Waals surface area contributed by atoms with Gasteiger partial charge in [-0.2, -0.15) is 0 Å². The van der Waals surface area contributed by atoms with Crippen LogP contribution in [0.2, 0.25) is 0 Å². The number of fused-ring (bicyclic) bond motifs is 1. The maximum absolute atomic E-state index is 12.3. The van der Waals surface area contributed by atoms with Crippen LogP contribution in [0.25, 0.3) is 22.2 Å². The van der Waals surface area contributed by atoms with Gasteiger partial charge in [-0.1, -0.05) is 30.3 Å². The number of amides is 1. The third kappa shape index (κ3) is 5.00. The summed E-state index contributed by atoms with van der Waals surface area (Å²) in [5.74, 6) is 1.11. The van der Waals surface area contributed by atoms with Crippen LogP contribution >= 0.6 is 0 Å². The van der Waals surface area contributed by atoms with Crippen molar-refractivity contribution in [2.24, 2.45) is 0 Å². The number of hydrogen-bond donors (Lipinski definition) is 2. The number of carbonyl (C=O) groups is 1. The third-order valence-electron chi connectivity index (χ3n) is 5.27. The molecule has 36 heavy (non-hydrogen) atoms. The standard InChI is InChI=1S/C27H20N4O5/c1-34-23-9-5-3-7-20(23)21-15-25(29-16-28-21)30-18-10-12-19(13-11-18)31-27(33)36-24-14-17-6-2-4-8-22(17)35-26(24)32/h2-16H,1H3,(H,31,33)(H,28,29,30). The molecule has 0 aliphatic carbocycles. The zero-order valence-corrected chi connectivity index (χ0v) is 19.1. The first-order valence-corrected chi connectivity index (χ1v) is 10.9. The second-order valence-corrected chi connectivity index (χ2v) is 7.64. The van der Waals surface area contributed by atoms with Gasteiger partial charge in [-0.3, -0.25) is 5.32 Å². The summed E-state index contributed by atoms with van der Waals surface area (Å²) in [4.78, 5) is 33.0. The van der Waals surface area contributed by atoms with E-state index in [-0.39, 0.29) is 5.75 Å². The van der Waals surface area contributed by atoms with Crippen LogP contribution in [0.4, 0.5) is 22.0 Å². The number of rotatable bonds is 6. The molecule has 2 aromatic heterocycles. The number of hydrogen-bond acceptors (Lipinski definition) is 8. The van der Waals surface area contributed by atoms with Crippen molar-refractivity contribution in [3.05, 3.63) is 102 Å². The smallest absolute Gasteiger partial charge is 0.417 e. The molecule has 0 radical (unpaired) electrons. The van der Waals surface area contributed by atoms with Crippen molar-refractivity contribution in [3.63, 3.8) is 0 Å². The van der Waals surface area contributed by atoms with E-state index in [1.165, 1.54) is 12.4 Å². The average molecular weight is 480 g/mol. The summed E-state index contributed by atoms with van der Waals surface area (Å²) in [6, 6.07) is 24.8. The molecule has 0 saturated heterocycles. The van der Waals surface area contributed by atoms with Gasteiger partial charge in [0.15, 0.2) is 0 Å². The predicted octanol–water partition coefficient (Wildman–Crippen LogP) is 5.61. The Kier molecular flexibility index (Phi) is 6.27. The van der Waals surface area contributed by atoms with Gasteiger partial charge in [0.25, 0.3) is 0 Å². The summed E-state index contributed by atoms with van der Waals surface area (Å²) in [7, 11) is 1.61. The van der Waals surface area contributed by atoms with Gasteiger partial charge in [0.05, 0.1) is 12.8 Å². The highest BCUT2D eigenvalue weighted by molar-refractivity contribution is 5.87. The molecule has 0 saturated carbocycles. The number of ether oxygens (including phenoxy) is 2. The number of para-hydroxylation sites is 2. The molecule has 5 aromatic rings. The molecular formula is C27H20N4O5. The van der Waals surface area contributed by atoms with E-state index in [4.69, 9.17) is 13.9 Å². The van der Waals surface area contributed by atoms with Crippen molar-refractivity contribution in [1.82, 2.24) is 9.97 Å². The Morgan fingerprint density at radius 1 is 0.861 bits per heavy atom. The largest absolute Gasteiger partial charge is 0.496 e. The molecule has 2 N–H and O–H groups in total. The minimum atomic E-state index is -0.810. The van der Waals surface area contributed by atoms with Gasteiger partial charge in [-0.25, -0.2) is 19.6 Å². The average Bonchev–Trinajstić information content (AvgIpc) is 2.90. The van der Waals surface area contributed by atoms with Gasteiger partial charge >= 0.3 is 11.7 Å². The van der Waals surface area contributed by atoms with Crippen molar-refractivity contribution in [2.45, 2.75) is 0 Å². The SMILES string of the molecule is COc1ccccc1-c1cc(Nc2ccc(NC(=O)Oc3cc4ccccc4oc3=O)cc2)ncn1. The fourth-order valence-corrected chi connectivity index (χ4v) is 3.57. The fraction of sp³-hybridized carbons (Fsp3) is 0.0370. The van der Waals surface area contributed by atoms with E-state index in [0.29, 0.717) is 33.9 Å². The molecule has 0 bridgehead atoms. The van der Waals surface area contributed by atoms with Gasteiger partial charge in [-0.15, -0.1) is 0 Å². The number of carbonyl (C=O) groups excluding carboxylic acids is 1. The fourth-order valence-electron chi connectivity index (χ4n) is 3.57. The normalized spacial score (nSPS) is 10.6. The summed E-state index contributed by atoms with van der Waals surface area (Å²) in [5, 5.41) is 6.44. The number of nitrogens with one attached hydrogen (secondary N) is 2. The van der Waals surface area contributed by atoms with E-state index in [0.717, 1.165) is 11.3 Å². The maximum Gasteiger partial charge on any atom is 0.417 e. The molecule has 0 aliphatic heterocycles. The zero-order valence-electron chi connectivity index (χ0n) is 19.1. The molecule has 3 aromatic carbocycles. The van der Waals surface area contributed by atoms with E-state index in [2.05, 4.69) is 20.6 Å². The minimum Gasteiger partial charge on any atom is -0.496 e. The summed E-state index contributed by atoms with van der Waals surface area (Å²) < 4.78 is 15.8. The van der Waals surface area contributed by atoms with Crippen LogP contribution in [0.5, 0.6) is 11.5 Å². The van der Waals surface area contributed by atoms with Crippen molar-refractivity contribution in [1.29, 1.82) is 0 Å². The van der Waals surface area contributed by atoms with Crippen molar-refractivity contribution < 1.29 is 18.7 Å². The second-order valence-electron chi connectivity index (χ2n) is 7.64. The minimum absolute atomic E-state index is 0.195. The van der Waals surface area contributed by atoms with Crippen LogP contribution in [-0.2, 0) is 0 Å². The summed E-state index contributed by atoms with van der Waals surface area (Å²) in [6.07, 6.45) is 0.662. The number of aromatic nitrogens is 2. The number of anilines is 3. The Morgan fingerprint density at radius 3 is 2.44 bits per heavy atom. The highest BCUT2D eigenvalue weighted by atomic mass is 16.6. The van der Waals surface area contributed by atoms with Gasteiger partial charge in [0.1, 0.15) is 23.5 Å².